The highest BCUT2D eigenvalue weighted by Gasteiger charge is 2.52. The molecule has 0 bridgehead atoms. The standard InChI is InChI=1S/C21H26F3N3O6/c1-32-16(18(25)29)12-15(28)17-20(6-9-26(10-7-20)19(30)31)8-11-27(17)13-2-4-14(5-3-13)33-21(22,23)24/h2-5,16-17H,6-12H2,1H3,(H2,25,29)(H,30,31). The number of nitrogens with zero attached hydrogens (tertiary/aromatic N) is 2. The van der Waals surface area contributed by atoms with E-state index in [9.17, 15) is 32.7 Å². The van der Waals surface area contributed by atoms with Crippen LogP contribution in [0.5, 0.6) is 5.75 Å². The SMILES string of the molecule is COC(CC(=O)C1N(c2ccc(OC(F)(F)F)cc2)CCC12CCN(C(=O)O)CC2)C(N)=O. The predicted molar refractivity (Wildman–Crippen MR) is 110 cm³/mol. The summed E-state index contributed by atoms with van der Waals surface area (Å²) >= 11 is 0. The fourth-order valence-electron chi connectivity index (χ4n) is 4.83. The lowest BCUT2D eigenvalue weighted by atomic mass is 9.70. The molecule has 2 saturated heterocycles. The lowest BCUT2D eigenvalue weighted by molar-refractivity contribution is -0.274. The number of primary amides is 1. The van der Waals surface area contributed by atoms with Gasteiger partial charge in [-0.05, 0) is 43.5 Å². The van der Waals surface area contributed by atoms with E-state index in [2.05, 4.69) is 4.74 Å². The van der Waals surface area contributed by atoms with Gasteiger partial charge in [0.15, 0.2) is 5.78 Å². The highest BCUT2D eigenvalue weighted by Crippen LogP contribution is 2.48. The molecule has 182 valence electrons. The number of nitrogens with two attached hydrogens (primary N) is 1. The molecule has 33 heavy (non-hydrogen) atoms. The number of ether oxygens (including phenoxy) is 2. The Morgan fingerprint density at radius 3 is 2.21 bits per heavy atom. The quantitative estimate of drug-likeness (QED) is 0.623. The molecule has 0 saturated carbocycles. The van der Waals surface area contributed by atoms with E-state index in [4.69, 9.17) is 10.5 Å². The van der Waals surface area contributed by atoms with Gasteiger partial charge in [-0.3, -0.25) is 9.59 Å². The molecule has 3 rings (SSSR count). The Balaban J connectivity index is 1.88. The average Bonchev–Trinajstić information content (AvgIpc) is 3.10. The van der Waals surface area contributed by atoms with Gasteiger partial charge in [-0.25, -0.2) is 4.79 Å². The van der Waals surface area contributed by atoms with Crippen molar-refractivity contribution in [1.82, 2.24) is 4.90 Å². The summed E-state index contributed by atoms with van der Waals surface area (Å²) in [7, 11) is 1.27. The normalized spacial score (nSPS) is 21.2. The number of methoxy groups -OCH3 is 1. The number of Topliss-reactive ketones (excluding diaryl/α,β-unsaturated/α-hetero) is 1. The average molecular weight is 473 g/mol. The van der Waals surface area contributed by atoms with E-state index in [-0.39, 0.29) is 31.0 Å². The number of hydrogen-bond acceptors (Lipinski definition) is 6. The van der Waals surface area contributed by atoms with Crippen molar-refractivity contribution in [3.63, 3.8) is 0 Å². The maximum absolute atomic E-state index is 13.4. The summed E-state index contributed by atoms with van der Waals surface area (Å²) < 4.78 is 46.4. The Labute approximate surface area is 188 Å². The number of piperidine rings is 1. The molecule has 1 aromatic carbocycles. The van der Waals surface area contributed by atoms with Crippen LogP contribution in [-0.4, -0.2) is 73.0 Å². The number of carboxylic acid groups (broad SMARTS) is 1. The van der Waals surface area contributed by atoms with Crippen molar-refractivity contribution in [3.05, 3.63) is 24.3 Å². The number of rotatable bonds is 7. The first-order chi connectivity index (χ1) is 15.5. The molecule has 2 aliphatic rings. The van der Waals surface area contributed by atoms with Crippen molar-refractivity contribution in [3.8, 4) is 5.75 Å². The predicted octanol–water partition coefficient (Wildman–Crippen LogP) is 2.38. The molecule has 2 heterocycles. The molecule has 2 unspecified atom stereocenters. The molecule has 0 aromatic heterocycles. The first kappa shape index (κ1) is 24.6. The minimum atomic E-state index is -4.82. The maximum atomic E-state index is 13.4. The highest BCUT2D eigenvalue weighted by atomic mass is 19.4. The van der Waals surface area contributed by atoms with Crippen LogP contribution in [0.1, 0.15) is 25.7 Å². The zero-order valence-corrected chi connectivity index (χ0v) is 18.0. The number of hydrogen-bond donors (Lipinski definition) is 2. The van der Waals surface area contributed by atoms with Crippen LogP contribution >= 0.6 is 0 Å². The van der Waals surface area contributed by atoms with Crippen molar-refractivity contribution >= 4 is 23.5 Å². The van der Waals surface area contributed by atoms with Gasteiger partial charge in [0.05, 0.1) is 6.04 Å². The van der Waals surface area contributed by atoms with Crippen LogP contribution in [0, 0.1) is 5.41 Å². The molecule has 9 nitrogen and oxygen atoms in total. The van der Waals surface area contributed by atoms with Crippen LogP contribution in [0.4, 0.5) is 23.7 Å². The van der Waals surface area contributed by atoms with Gasteiger partial charge in [-0.15, -0.1) is 13.2 Å². The zero-order chi connectivity index (χ0) is 24.4. The molecule has 3 N–H and O–H groups in total. The van der Waals surface area contributed by atoms with Gasteiger partial charge in [0.1, 0.15) is 11.9 Å². The summed E-state index contributed by atoms with van der Waals surface area (Å²) in [5.41, 5.74) is 5.30. The van der Waals surface area contributed by atoms with E-state index in [0.717, 1.165) is 0 Å². The first-order valence-electron chi connectivity index (χ1n) is 10.4. The molecule has 2 fully saturated rings. The summed E-state index contributed by atoms with van der Waals surface area (Å²) in [4.78, 5) is 39.5. The molecule has 2 atom stereocenters. The van der Waals surface area contributed by atoms with Crippen LogP contribution < -0.4 is 15.4 Å². The first-order valence-corrected chi connectivity index (χ1v) is 10.4. The molecular weight excluding hydrogens is 447 g/mol. The smallest absolute Gasteiger partial charge is 0.465 e. The second-order valence-corrected chi connectivity index (χ2v) is 8.32. The fraction of sp³-hybridized carbons (Fsp3) is 0.571. The number of halogens is 3. The maximum Gasteiger partial charge on any atom is 0.573 e. The fourth-order valence-corrected chi connectivity index (χ4v) is 4.83. The number of ketones is 1. The van der Waals surface area contributed by atoms with Gasteiger partial charge < -0.3 is 30.1 Å². The lowest BCUT2D eigenvalue weighted by Crippen LogP contribution is -2.53. The van der Waals surface area contributed by atoms with Gasteiger partial charge in [0.2, 0.25) is 5.91 Å². The number of likely N-dealkylation sites (tertiary alicyclic amines) is 1. The van der Waals surface area contributed by atoms with Gasteiger partial charge >= 0.3 is 12.5 Å². The zero-order valence-electron chi connectivity index (χ0n) is 18.0. The van der Waals surface area contributed by atoms with Crippen LogP contribution in [0.25, 0.3) is 0 Å². The van der Waals surface area contributed by atoms with Gasteiger partial charge in [0.25, 0.3) is 0 Å². The third-order valence-corrected chi connectivity index (χ3v) is 6.47. The van der Waals surface area contributed by atoms with Gasteiger partial charge in [-0.1, -0.05) is 0 Å². The Bertz CT molecular complexity index is 884. The minimum absolute atomic E-state index is 0.257. The number of alkyl halides is 3. The number of amides is 2. The summed E-state index contributed by atoms with van der Waals surface area (Å²) in [6.45, 7) is 0.959. The summed E-state index contributed by atoms with van der Waals surface area (Å²) in [6, 6.07) is 4.51. The molecule has 1 spiro atoms. The van der Waals surface area contributed by atoms with E-state index in [1.807, 2.05) is 0 Å². The topological polar surface area (TPSA) is 122 Å². The van der Waals surface area contributed by atoms with Crippen LogP contribution in [0.15, 0.2) is 24.3 Å². The van der Waals surface area contributed by atoms with Crippen molar-refractivity contribution in [2.75, 3.05) is 31.6 Å². The molecule has 0 aliphatic carbocycles. The Hall–Kier alpha value is -3.02. The van der Waals surface area contributed by atoms with Crippen molar-refractivity contribution in [1.29, 1.82) is 0 Å². The number of benzene rings is 1. The van der Waals surface area contributed by atoms with Crippen molar-refractivity contribution in [2.45, 2.75) is 44.2 Å². The van der Waals surface area contributed by atoms with Gasteiger partial charge in [0, 0.05) is 44.3 Å². The van der Waals surface area contributed by atoms with Crippen LogP contribution in [-0.2, 0) is 14.3 Å². The largest absolute Gasteiger partial charge is 0.573 e. The second-order valence-electron chi connectivity index (χ2n) is 8.32. The summed E-state index contributed by atoms with van der Waals surface area (Å²) in [5, 5.41) is 9.28. The van der Waals surface area contributed by atoms with Crippen molar-refractivity contribution < 1.29 is 42.1 Å². The van der Waals surface area contributed by atoms with Crippen molar-refractivity contribution in [2.24, 2.45) is 11.1 Å². The molecule has 2 aliphatic heterocycles. The van der Waals surface area contributed by atoms with E-state index < -0.39 is 35.9 Å². The van der Waals surface area contributed by atoms with E-state index in [1.165, 1.54) is 36.3 Å². The highest BCUT2D eigenvalue weighted by molar-refractivity contribution is 5.93. The molecule has 12 heteroatoms. The number of anilines is 1. The van der Waals surface area contributed by atoms with Crippen LogP contribution in [0.3, 0.4) is 0 Å². The van der Waals surface area contributed by atoms with E-state index >= 15 is 0 Å². The minimum Gasteiger partial charge on any atom is -0.465 e. The van der Waals surface area contributed by atoms with Crippen LogP contribution in [0.2, 0.25) is 0 Å². The molecule has 1 aromatic rings. The van der Waals surface area contributed by atoms with E-state index in [1.54, 1.807) is 4.90 Å². The second kappa shape index (κ2) is 9.46. The summed E-state index contributed by atoms with van der Waals surface area (Å²) in [6.07, 6.45) is -5.75. The molecule has 2 amide bonds. The third-order valence-electron chi connectivity index (χ3n) is 6.47. The third kappa shape index (κ3) is 5.49. The number of carbonyl (C=O) groups is 3. The molecule has 0 radical (unpaired) electrons. The van der Waals surface area contributed by atoms with Gasteiger partial charge in [-0.2, -0.15) is 0 Å². The summed E-state index contributed by atoms with van der Waals surface area (Å²) in [5.74, 6) is -1.46. The van der Waals surface area contributed by atoms with E-state index in [0.29, 0.717) is 31.5 Å². The Morgan fingerprint density at radius 1 is 1.15 bits per heavy atom. The Morgan fingerprint density at radius 2 is 1.73 bits per heavy atom. The number of carbonyl (C=O) groups excluding carboxylic acids is 2. The Kier molecular flexibility index (Phi) is 7.06. The lowest BCUT2D eigenvalue weighted by Gasteiger charge is -2.43. The monoisotopic (exact) mass is 473 g/mol. The molecular formula is C21H26F3N3O6.